The van der Waals surface area contributed by atoms with E-state index in [1.165, 1.54) is 11.8 Å². The standard InChI is InChI=1S/C24H39N5O6/c1-19-4-5-23(33)29(19)17-22(32)16-27-10-6-25(14-20(2)30)8-12-28(18-24(34)35)13-9-26(7-11-27)15-21(3)31/h30H,1-2,4-18H2,3H3,(H,34,35). The summed E-state index contributed by atoms with van der Waals surface area (Å²) in [4.78, 5) is 57.2. The van der Waals surface area contributed by atoms with Crippen LogP contribution in [0.1, 0.15) is 19.8 Å². The number of aliphatic hydroxyl groups excluding tert-OH is 1. The number of aliphatic carboxylic acids is 1. The SMILES string of the molecule is C=C(O)CN1CCN(CC(=O)O)CCN(CC(C)=O)CCN(CC(=O)CN2C(=C)CCC2=O)CC1. The van der Waals surface area contributed by atoms with Crippen molar-refractivity contribution in [1.29, 1.82) is 0 Å². The molecule has 35 heavy (non-hydrogen) atoms. The number of allylic oxidation sites excluding steroid dienone is 1. The number of rotatable bonds is 10. The topological polar surface area (TPSA) is 125 Å². The summed E-state index contributed by atoms with van der Waals surface area (Å²) in [6.07, 6.45) is 0.962. The minimum Gasteiger partial charge on any atom is -0.512 e. The highest BCUT2D eigenvalue weighted by molar-refractivity contribution is 5.89. The van der Waals surface area contributed by atoms with Crippen molar-refractivity contribution in [2.45, 2.75) is 19.8 Å². The lowest BCUT2D eigenvalue weighted by Crippen LogP contribution is -2.49. The van der Waals surface area contributed by atoms with Crippen LogP contribution < -0.4 is 0 Å². The molecule has 2 aliphatic rings. The number of hydrogen-bond donors (Lipinski definition) is 2. The lowest BCUT2D eigenvalue weighted by Gasteiger charge is -2.33. The monoisotopic (exact) mass is 493 g/mol. The van der Waals surface area contributed by atoms with Gasteiger partial charge in [-0.25, -0.2) is 0 Å². The van der Waals surface area contributed by atoms with E-state index in [0.29, 0.717) is 70.9 Å². The van der Waals surface area contributed by atoms with Gasteiger partial charge in [0.1, 0.15) is 5.78 Å². The molecule has 1 amide bonds. The Labute approximate surface area is 207 Å². The van der Waals surface area contributed by atoms with Gasteiger partial charge in [0.2, 0.25) is 5.91 Å². The van der Waals surface area contributed by atoms with Gasteiger partial charge in [-0.05, 0) is 13.3 Å². The zero-order chi connectivity index (χ0) is 26.0. The van der Waals surface area contributed by atoms with Crippen molar-refractivity contribution < 1.29 is 29.4 Å². The Morgan fingerprint density at radius 3 is 1.60 bits per heavy atom. The van der Waals surface area contributed by atoms with Crippen LogP contribution >= 0.6 is 0 Å². The summed E-state index contributed by atoms with van der Waals surface area (Å²) in [6, 6.07) is 0. The van der Waals surface area contributed by atoms with E-state index in [-0.39, 0.29) is 56.0 Å². The van der Waals surface area contributed by atoms with Crippen LogP contribution in [0.4, 0.5) is 0 Å². The van der Waals surface area contributed by atoms with Crippen LogP contribution in [0, 0.1) is 0 Å². The fourth-order valence-corrected chi connectivity index (χ4v) is 4.35. The number of carbonyl (C=O) groups excluding carboxylic acids is 3. The van der Waals surface area contributed by atoms with Crippen molar-refractivity contribution >= 4 is 23.4 Å². The van der Waals surface area contributed by atoms with Gasteiger partial charge in [0, 0.05) is 64.5 Å². The minimum absolute atomic E-state index is 0.00658. The first-order valence-electron chi connectivity index (χ1n) is 12.0. The van der Waals surface area contributed by atoms with Gasteiger partial charge in [-0.15, -0.1) is 0 Å². The van der Waals surface area contributed by atoms with Gasteiger partial charge in [-0.3, -0.25) is 38.8 Å². The van der Waals surface area contributed by atoms with Crippen molar-refractivity contribution in [3.8, 4) is 0 Å². The lowest BCUT2D eigenvalue weighted by atomic mass is 10.2. The highest BCUT2D eigenvalue weighted by Crippen LogP contribution is 2.19. The average molecular weight is 494 g/mol. The Balaban J connectivity index is 2.11. The highest BCUT2D eigenvalue weighted by Gasteiger charge is 2.27. The van der Waals surface area contributed by atoms with Crippen molar-refractivity contribution in [3.05, 3.63) is 24.6 Å². The van der Waals surface area contributed by atoms with Crippen LogP contribution in [0.5, 0.6) is 0 Å². The maximum Gasteiger partial charge on any atom is 0.317 e. The summed E-state index contributed by atoms with van der Waals surface area (Å²) in [5, 5.41) is 19.0. The first-order valence-corrected chi connectivity index (χ1v) is 12.0. The smallest absolute Gasteiger partial charge is 0.317 e. The van der Waals surface area contributed by atoms with Gasteiger partial charge >= 0.3 is 5.97 Å². The molecule has 0 radical (unpaired) electrons. The molecule has 11 nitrogen and oxygen atoms in total. The third kappa shape index (κ3) is 10.7. The molecule has 2 N–H and O–H groups in total. The number of aliphatic hydroxyl groups is 1. The molecule has 0 aromatic rings. The zero-order valence-corrected chi connectivity index (χ0v) is 20.8. The summed E-state index contributed by atoms with van der Waals surface area (Å²) < 4.78 is 0. The van der Waals surface area contributed by atoms with Crippen LogP contribution in [0.2, 0.25) is 0 Å². The van der Waals surface area contributed by atoms with Gasteiger partial charge < -0.3 is 15.1 Å². The van der Waals surface area contributed by atoms with E-state index < -0.39 is 5.97 Å². The van der Waals surface area contributed by atoms with Crippen molar-refractivity contribution in [2.24, 2.45) is 0 Å². The minimum atomic E-state index is -0.919. The van der Waals surface area contributed by atoms with E-state index in [4.69, 9.17) is 0 Å². The molecule has 0 saturated carbocycles. The number of ketones is 2. The largest absolute Gasteiger partial charge is 0.512 e. The van der Waals surface area contributed by atoms with Crippen LogP contribution in [-0.4, -0.2) is 143 Å². The van der Waals surface area contributed by atoms with Crippen LogP contribution in [0.25, 0.3) is 0 Å². The molecule has 0 spiro atoms. The normalized spacial score (nSPS) is 20.4. The lowest BCUT2D eigenvalue weighted by molar-refractivity contribution is -0.138. The van der Waals surface area contributed by atoms with Gasteiger partial charge in [0.25, 0.3) is 0 Å². The quantitative estimate of drug-likeness (QED) is 0.391. The second-order valence-corrected chi connectivity index (χ2v) is 9.35. The molecule has 0 aromatic carbocycles. The van der Waals surface area contributed by atoms with E-state index >= 15 is 0 Å². The van der Waals surface area contributed by atoms with Gasteiger partial charge in [0.05, 0.1) is 38.5 Å². The van der Waals surface area contributed by atoms with E-state index in [9.17, 15) is 29.4 Å². The van der Waals surface area contributed by atoms with Crippen molar-refractivity contribution in [1.82, 2.24) is 24.5 Å². The Kier molecular flexibility index (Phi) is 11.5. The zero-order valence-electron chi connectivity index (χ0n) is 20.8. The van der Waals surface area contributed by atoms with Crippen molar-refractivity contribution in [2.75, 3.05) is 85.1 Å². The maximum atomic E-state index is 12.8. The third-order valence-corrected chi connectivity index (χ3v) is 6.19. The second-order valence-electron chi connectivity index (χ2n) is 9.35. The second kappa shape index (κ2) is 14.1. The summed E-state index contributed by atoms with van der Waals surface area (Å²) in [7, 11) is 0. The molecule has 196 valence electrons. The number of carbonyl (C=O) groups is 4. The molecule has 0 atom stereocenters. The van der Waals surface area contributed by atoms with E-state index in [0.717, 1.165) is 0 Å². The summed E-state index contributed by atoms with van der Waals surface area (Å²) in [6.45, 7) is 13.7. The molecule has 2 heterocycles. The molecular weight excluding hydrogens is 454 g/mol. The predicted octanol–water partition coefficient (Wildman–Crippen LogP) is -0.341. The van der Waals surface area contributed by atoms with Crippen LogP contribution in [-0.2, 0) is 19.2 Å². The number of amides is 1. The fourth-order valence-electron chi connectivity index (χ4n) is 4.35. The molecule has 2 rings (SSSR count). The maximum absolute atomic E-state index is 12.8. The number of likely N-dealkylation sites (tertiary alicyclic amines) is 1. The van der Waals surface area contributed by atoms with Gasteiger partial charge in [0.15, 0.2) is 5.78 Å². The summed E-state index contributed by atoms with van der Waals surface area (Å²) >= 11 is 0. The van der Waals surface area contributed by atoms with Crippen molar-refractivity contribution in [3.63, 3.8) is 0 Å². The third-order valence-electron chi connectivity index (χ3n) is 6.19. The van der Waals surface area contributed by atoms with Gasteiger partial charge in [-0.2, -0.15) is 0 Å². The fraction of sp³-hybridized carbons (Fsp3) is 0.667. The van der Waals surface area contributed by atoms with E-state index in [1.807, 2.05) is 19.6 Å². The first-order chi connectivity index (χ1) is 16.5. The first kappa shape index (κ1) is 28.6. The Morgan fingerprint density at radius 1 is 0.743 bits per heavy atom. The Hall–Kier alpha value is -2.60. The van der Waals surface area contributed by atoms with E-state index in [2.05, 4.69) is 13.2 Å². The van der Waals surface area contributed by atoms with Crippen LogP contribution in [0.3, 0.4) is 0 Å². The molecule has 0 aromatic heterocycles. The number of carboxylic acid groups (broad SMARTS) is 1. The number of hydrogen-bond acceptors (Lipinski definition) is 9. The summed E-state index contributed by atoms with van der Waals surface area (Å²) in [5.41, 5.74) is 0.670. The van der Waals surface area contributed by atoms with E-state index in [1.54, 1.807) is 0 Å². The molecular formula is C24H39N5O6. The Morgan fingerprint density at radius 2 is 1.20 bits per heavy atom. The molecule has 2 saturated heterocycles. The number of nitrogens with zero attached hydrogens (tertiary/aromatic N) is 5. The molecule has 0 unspecified atom stereocenters. The number of carboxylic acids is 1. The molecule has 0 aliphatic carbocycles. The van der Waals surface area contributed by atoms with Crippen LogP contribution in [0.15, 0.2) is 24.6 Å². The van der Waals surface area contributed by atoms with Gasteiger partial charge in [-0.1, -0.05) is 13.2 Å². The average Bonchev–Trinajstić information content (AvgIpc) is 3.06. The molecule has 11 heteroatoms. The predicted molar refractivity (Wildman–Crippen MR) is 131 cm³/mol. The Bertz CT molecular complexity index is 768. The molecule has 0 bridgehead atoms. The molecule has 2 fully saturated rings. The number of Topliss-reactive ketones (excluding diaryl/α,β-unsaturated/α-hetero) is 2. The molecule has 2 aliphatic heterocycles. The summed E-state index contributed by atoms with van der Waals surface area (Å²) in [5.74, 6) is -1.05. The highest BCUT2D eigenvalue weighted by atomic mass is 16.4.